The highest BCUT2D eigenvalue weighted by Crippen LogP contribution is 2.29. The molecule has 0 saturated carbocycles. The Labute approximate surface area is 177 Å². The molecule has 0 radical (unpaired) electrons. The van der Waals surface area contributed by atoms with Crippen molar-refractivity contribution in [1.82, 2.24) is 14.9 Å². The van der Waals surface area contributed by atoms with E-state index in [1.165, 1.54) is 30.3 Å². The summed E-state index contributed by atoms with van der Waals surface area (Å²) in [5.74, 6) is 0.480. The summed E-state index contributed by atoms with van der Waals surface area (Å²) in [5, 5.41) is 0.464. The number of amides is 1. The predicted molar refractivity (Wildman–Crippen MR) is 111 cm³/mol. The number of hydrogen-bond acceptors (Lipinski definition) is 7. The third-order valence-electron chi connectivity index (χ3n) is 4.58. The van der Waals surface area contributed by atoms with Crippen molar-refractivity contribution < 1.29 is 13.2 Å². The average Bonchev–Trinajstić information content (AvgIpc) is 3.25. The summed E-state index contributed by atoms with van der Waals surface area (Å²) >= 11 is 6.82. The smallest absolute Gasteiger partial charge is 0.264 e. The number of piperazine rings is 1. The minimum atomic E-state index is -3.68. The van der Waals surface area contributed by atoms with E-state index in [1.54, 1.807) is 29.4 Å². The summed E-state index contributed by atoms with van der Waals surface area (Å²) in [4.78, 5) is 25.6. The molecule has 1 fully saturated rings. The SMILES string of the molecule is O=C(c1ccc(S(=O)(=O)c2ccc(Cl)cc2)s1)N1CCN(c2ncccn2)CC1. The molecule has 7 nitrogen and oxygen atoms in total. The van der Waals surface area contributed by atoms with Crippen molar-refractivity contribution in [3.8, 4) is 0 Å². The van der Waals surface area contributed by atoms with Gasteiger partial charge in [0.2, 0.25) is 15.8 Å². The first kappa shape index (κ1) is 19.8. The molecule has 10 heteroatoms. The molecule has 1 aliphatic heterocycles. The van der Waals surface area contributed by atoms with Crippen LogP contribution in [0.3, 0.4) is 0 Å². The van der Waals surface area contributed by atoms with Crippen LogP contribution in [0, 0.1) is 0 Å². The Kier molecular flexibility index (Phi) is 5.53. The Hall–Kier alpha value is -2.49. The molecule has 0 spiro atoms. The molecule has 1 aliphatic rings. The van der Waals surface area contributed by atoms with Gasteiger partial charge < -0.3 is 9.80 Å². The number of rotatable bonds is 4. The number of anilines is 1. The highest BCUT2D eigenvalue weighted by molar-refractivity contribution is 7.93. The second kappa shape index (κ2) is 8.10. The predicted octanol–water partition coefficient (Wildman–Crippen LogP) is 2.99. The van der Waals surface area contributed by atoms with Crippen molar-refractivity contribution in [2.24, 2.45) is 0 Å². The zero-order valence-electron chi connectivity index (χ0n) is 15.2. The summed E-state index contributed by atoms with van der Waals surface area (Å²) in [7, 11) is -3.68. The fourth-order valence-electron chi connectivity index (χ4n) is 3.03. The van der Waals surface area contributed by atoms with E-state index in [-0.39, 0.29) is 15.0 Å². The number of thiophene rings is 1. The maximum Gasteiger partial charge on any atom is 0.264 e. The van der Waals surface area contributed by atoms with Gasteiger partial charge in [-0.05, 0) is 42.5 Å². The largest absolute Gasteiger partial charge is 0.337 e. The quantitative estimate of drug-likeness (QED) is 0.610. The third-order valence-corrected chi connectivity index (χ3v) is 8.17. The summed E-state index contributed by atoms with van der Waals surface area (Å²) in [6.07, 6.45) is 3.38. The van der Waals surface area contributed by atoms with Gasteiger partial charge in [0.05, 0.1) is 9.77 Å². The molecule has 0 atom stereocenters. The standard InChI is InChI=1S/C19H17ClN4O3S2/c20-14-2-4-15(5-3-14)29(26,27)17-7-6-16(28-17)18(25)23-10-12-24(13-11-23)19-21-8-1-9-22-19/h1-9H,10-13H2. The summed E-state index contributed by atoms with van der Waals surface area (Å²) < 4.78 is 25.7. The van der Waals surface area contributed by atoms with Crippen LogP contribution in [0.5, 0.6) is 0 Å². The molecule has 3 heterocycles. The zero-order valence-corrected chi connectivity index (χ0v) is 17.6. The molecule has 1 aromatic carbocycles. The number of sulfone groups is 1. The van der Waals surface area contributed by atoms with Crippen molar-refractivity contribution in [3.05, 3.63) is 64.8 Å². The molecule has 29 heavy (non-hydrogen) atoms. The van der Waals surface area contributed by atoms with Crippen molar-refractivity contribution in [3.63, 3.8) is 0 Å². The topological polar surface area (TPSA) is 83.5 Å². The zero-order chi connectivity index (χ0) is 20.4. The number of hydrogen-bond donors (Lipinski definition) is 0. The van der Waals surface area contributed by atoms with Gasteiger partial charge in [0.25, 0.3) is 5.91 Å². The molecule has 0 aliphatic carbocycles. The van der Waals surface area contributed by atoms with Crippen LogP contribution < -0.4 is 4.90 Å². The molecule has 1 amide bonds. The molecule has 2 aromatic heterocycles. The Morgan fingerprint density at radius 2 is 1.62 bits per heavy atom. The number of carbonyl (C=O) groups is 1. The van der Waals surface area contributed by atoms with Crippen LogP contribution >= 0.6 is 22.9 Å². The van der Waals surface area contributed by atoms with E-state index in [1.807, 2.05) is 4.90 Å². The Morgan fingerprint density at radius 3 is 2.28 bits per heavy atom. The number of carbonyl (C=O) groups excluding carboxylic acids is 1. The summed E-state index contributed by atoms with van der Waals surface area (Å²) in [5.41, 5.74) is 0. The van der Waals surface area contributed by atoms with Crippen molar-refractivity contribution in [2.75, 3.05) is 31.1 Å². The van der Waals surface area contributed by atoms with Gasteiger partial charge in [-0.15, -0.1) is 11.3 Å². The van der Waals surface area contributed by atoms with E-state index in [0.717, 1.165) is 11.3 Å². The van der Waals surface area contributed by atoms with Crippen LogP contribution in [0.1, 0.15) is 9.67 Å². The first-order valence-corrected chi connectivity index (χ1v) is 11.5. The molecule has 4 rings (SSSR count). The van der Waals surface area contributed by atoms with Crippen LogP contribution in [-0.4, -0.2) is 55.4 Å². The van der Waals surface area contributed by atoms with Crippen LogP contribution in [-0.2, 0) is 9.84 Å². The molecule has 0 bridgehead atoms. The highest BCUT2D eigenvalue weighted by atomic mass is 35.5. The number of aromatic nitrogens is 2. The van der Waals surface area contributed by atoms with Gasteiger partial charge in [-0.1, -0.05) is 11.6 Å². The Balaban J connectivity index is 1.46. The number of benzene rings is 1. The third kappa shape index (κ3) is 4.12. The normalized spacial score (nSPS) is 14.8. The molecule has 1 saturated heterocycles. The van der Waals surface area contributed by atoms with E-state index in [2.05, 4.69) is 9.97 Å². The minimum Gasteiger partial charge on any atom is -0.337 e. The second-order valence-corrected chi connectivity index (χ2v) is 10.1. The van der Waals surface area contributed by atoms with Crippen molar-refractivity contribution >= 4 is 44.6 Å². The average molecular weight is 449 g/mol. The summed E-state index contributed by atoms with van der Waals surface area (Å²) in [6.45, 7) is 2.29. The molecule has 150 valence electrons. The first-order chi connectivity index (χ1) is 13.9. The van der Waals surface area contributed by atoms with E-state index in [9.17, 15) is 13.2 Å². The maximum absolute atomic E-state index is 12.8. The van der Waals surface area contributed by atoms with Crippen LogP contribution in [0.4, 0.5) is 5.95 Å². The first-order valence-electron chi connectivity index (χ1n) is 8.87. The molecule has 0 N–H and O–H groups in total. The number of nitrogens with zero attached hydrogens (tertiary/aromatic N) is 4. The van der Waals surface area contributed by atoms with E-state index >= 15 is 0 Å². The van der Waals surface area contributed by atoms with Crippen LogP contribution in [0.15, 0.2) is 64.0 Å². The van der Waals surface area contributed by atoms with Gasteiger partial charge in [-0.3, -0.25) is 4.79 Å². The molecular weight excluding hydrogens is 432 g/mol. The minimum absolute atomic E-state index is 0.138. The van der Waals surface area contributed by atoms with E-state index < -0.39 is 9.84 Å². The fourth-order valence-corrected chi connectivity index (χ4v) is 5.83. The van der Waals surface area contributed by atoms with Gasteiger partial charge in [0.15, 0.2) is 0 Å². The lowest BCUT2D eigenvalue weighted by Crippen LogP contribution is -2.49. The van der Waals surface area contributed by atoms with Crippen molar-refractivity contribution in [2.45, 2.75) is 9.10 Å². The van der Waals surface area contributed by atoms with E-state index in [4.69, 9.17) is 11.6 Å². The highest BCUT2D eigenvalue weighted by Gasteiger charge is 2.26. The lowest BCUT2D eigenvalue weighted by Gasteiger charge is -2.34. The Bertz CT molecular complexity index is 1110. The molecule has 0 unspecified atom stereocenters. The van der Waals surface area contributed by atoms with Gasteiger partial charge in [0.1, 0.15) is 4.21 Å². The molecule has 3 aromatic rings. The van der Waals surface area contributed by atoms with Crippen LogP contribution in [0.2, 0.25) is 5.02 Å². The van der Waals surface area contributed by atoms with Crippen LogP contribution in [0.25, 0.3) is 0 Å². The van der Waals surface area contributed by atoms with E-state index in [0.29, 0.717) is 42.0 Å². The molecular formula is C19H17ClN4O3S2. The lowest BCUT2D eigenvalue weighted by molar-refractivity contribution is 0.0751. The van der Waals surface area contributed by atoms with Gasteiger partial charge in [-0.2, -0.15) is 0 Å². The van der Waals surface area contributed by atoms with Gasteiger partial charge in [-0.25, -0.2) is 18.4 Å². The Morgan fingerprint density at radius 1 is 0.966 bits per heavy atom. The fraction of sp³-hybridized carbons (Fsp3) is 0.211. The maximum atomic E-state index is 12.8. The monoisotopic (exact) mass is 448 g/mol. The number of halogens is 1. The van der Waals surface area contributed by atoms with Crippen molar-refractivity contribution in [1.29, 1.82) is 0 Å². The summed E-state index contributed by atoms with van der Waals surface area (Å²) in [6, 6.07) is 10.8. The second-order valence-electron chi connectivity index (χ2n) is 6.40. The van der Waals surface area contributed by atoms with Gasteiger partial charge >= 0.3 is 0 Å². The lowest BCUT2D eigenvalue weighted by atomic mass is 10.3. The van der Waals surface area contributed by atoms with Gasteiger partial charge in [0, 0.05) is 43.6 Å².